The average Bonchev–Trinajstić information content (AvgIpc) is 2.50. The number of hydrogen-bond donors (Lipinski definition) is 1. The molecule has 0 radical (unpaired) electrons. The van der Waals surface area contributed by atoms with E-state index in [-0.39, 0.29) is 0 Å². The van der Waals surface area contributed by atoms with Gasteiger partial charge in [-0.25, -0.2) is 0 Å². The molecule has 1 N–H and O–H groups in total. The van der Waals surface area contributed by atoms with Crippen LogP contribution in [-0.4, -0.2) is 33.5 Å². The second-order valence-corrected chi connectivity index (χ2v) is 4.72. The summed E-state index contributed by atoms with van der Waals surface area (Å²) in [5.41, 5.74) is 1.91. The Kier molecular flexibility index (Phi) is 8.64. The fourth-order valence-electron chi connectivity index (χ4n) is 1.86. The normalized spacial score (nSPS) is 12.1. The molecule has 0 heterocycles. The van der Waals surface area contributed by atoms with Gasteiger partial charge in [-0.05, 0) is 44.0 Å². The van der Waals surface area contributed by atoms with E-state index in [0.717, 1.165) is 26.0 Å². The number of nitrogens with zero attached hydrogens (tertiary/aromatic N) is 1. The fourth-order valence-corrected chi connectivity index (χ4v) is 1.86. The molecule has 1 aromatic rings. The van der Waals surface area contributed by atoms with Crippen LogP contribution in [0, 0.1) is 11.3 Å². The first-order chi connectivity index (χ1) is 9.77. The first-order valence-electron chi connectivity index (χ1n) is 7.08. The first kappa shape index (κ1) is 16.6. The van der Waals surface area contributed by atoms with Gasteiger partial charge in [-0.2, -0.15) is 5.26 Å². The molecule has 0 saturated carbocycles. The molecule has 0 aliphatic heterocycles. The van der Waals surface area contributed by atoms with Gasteiger partial charge in [0.05, 0.1) is 24.8 Å². The molecule has 0 spiro atoms. The van der Waals surface area contributed by atoms with Crippen molar-refractivity contribution in [3.8, 4) is 6.07 Å². The highest BCUT2D eigenvalue weighted by molar-refractivity contribution is 5.32. The molecular formula is C16H24N2O2. The highest BCUT2D eigenvalue weighted by Crippen LogP contribution is 2.12. The Morgan fingerprint density at radius 1 is 1.15 bits per heavy atom. The van der Waals surface area contributed by atoms with Crippen LogP contribution in [0.5, 0.6) is 0 Å². The van der Waals surface area contributed by atoms with Crippen LogP contribution in [0.4, 0.5) is 0 Å². The van der Waals surface area contributed by atoms with Crippen molar-refractivity contribution in [3.63, 3.8) is 0 Å². The van der Waals surface area contributed by atoms with Crippen molar-refractivity contribution in [2.45, 2.75) is 25.8 Å². The summed E-state index contributed by atoms with van der Waals surface area (Å²) in [4.78, 5) is 0. The lowest BCUT2D eigenvalue weighted by Crippen LogP contribution is -2.20. The molecule has 0 bridgehead atoms. The van der Waals surface area contributed by atoms with Crippen LogP contribution in [0.3, 0.4) is 0 Å². The Bertz CT molecular complexity index is 398. The van der Waals surface area contributed by atoms with Crippen molar-refractivity contribution in [2.75, 3.05) is 33.5 Å². The topological polar surface area (TPSA) is 54.3 Å². The quantitative estimate of drug-likeness (QED) is 0.667. The molecule has 4 heteroatoms. The van der Waals surface area contributed by atoms with Gasteiger partial charge in [0.1, 0.15) is 0 Å². The molecule has 0 saturated heterocycles. The van der Waals surface area contributed by atoms with E-state index in [4.69, 9.17) is 14.7 Å². The zero-order valence-electron chi connectivity index (χ0n) is 12.4. The van der Waals surface area contributed by atoms with E-state index in [1.807, 2.05) is 24.3 Å². The minimum absolute atomic E-state index is 0.303. The molecule has 0 aliphatic carbocycles. The van der Waals surface area contributed by atoms with Gasteiger partial charge in [0.2, 0.25) is 0 Å². The number of methoxy groups -OCH3 is 1. The van der Waals surface area contributed by atoms with Crippen LogP contribution < -0.4 is 5.32 Å². The highest BCUT2D eigenvalue weighted by Gasteiger charge is 2.03. The van der Waals surface area contributed by atoms with E-state index in [9.17, 15) is 0 Å². The Morgan fingerprint density at radius 3 is 2.55 bits per heavy atom. The summed E-state index contributed by atoms with van der Waals surface area (Å²) < 4.78 is 10.3. The van der Waals surface area contributed by atoms with Crippen molar-refractivity contribution in [3.05, 3.63) is 35.4 Å². The van der Waals surface area contributed by atoms with Gasteiger partial charge in [-0.3, -0.25) is 0 Å². The van der Waals surface area contributed by atoms with Crippen LogP contribution >= 0.6 is 0 Å². The molecule has 1 rings (SSSR count). The van der Waals surface area contributed by atoms with E-state index in [2.05, 4.69) is 18.3 Å². The summed E-state index contributed by atoms with van der Waals surface area (Å²) in [5, 5.41) is 12.2. The molecular weight excluding hydrogens is 252 g/mol. The van der Waals surface area contributed by atoms with Gasteiger partial charge in [-0.1, -0.05) is 12.1 Å². The third-order valence-electron chi connectivity index (χ3n) is 3.14. The van der Waals surface area contributed by atoms with Gasteiger partial charge < -0.3 is 14.8 Å². The summed E-state index contributed by atoms with van der Waals surface area (Å²) in [7, 11) is 1.68. The van der Waals surface area contributed by atoms with Crippen LogP contribution in [-0.2, 0) is 9.47 Å². The Balaban J connectivity index is 2.10. The number of ether oxygens (including phenoxy) is 2. The van der Waals surface area contributed by atoms with Crippen molar-refractivity contribution in [1.29, 1.82) is 5.26 Å². The van der Waals surface area contributed by atoms with Crippen molar-refractivity contribution >= 4 is 0 Å². The van der Waals surface area contributed by atoms with E-state index < -0.39 is 0 Å². The second-order valence-electron chi connectivity index (χ2n) is 4.72. The second kappa shape index (κ2) is 10.4. The van der Waals surface area contributed by atoms with Gasteiger partial charge in [0, 0.05) is 19.8 Å². The summed E-state index contributed by atoms with van der Waals surface area (Å²) in [6, 6.07) is 10.2. The monoisotopic (exact) mass is 276 g/mol. The van der Waals surface area contributed by atoms with Crippen molar-refractivity contribution in [2.24, 2.45) is 0 Å². The lowest BCUT2D eigenvalue weighted by Gasteiger charge is -2.14. The molecule has 0 amide bonds. The molecule has 0 aromatic heterocycles. The van der Waals surface area contributed by atoms with Crippen molar-refractivity contribution in [1.82, 2.24) is 5.32 Å². The molecule has 0 aliphatic rings. The number of hydrogen-bond acceptors (Lipinski definition) is 4. The molecule has 0 fully saturated rings. The maximum absolute atomic E-state index is 8.76. The first-order valence-corrected chi connectivity index (χ1v) is 7.08. The summed E-state index contributed by atoms with van der Waals surface area (Å²) in [6.45, 7) is 5.22. The SMILES string of the molecule is COCCOCCCCNC(C)c1ccc(C#N)cc1. The standard InChI is InChI=1S/C16H24N2O2/c1-14(16-7-5-15(13-17)6-8-16)18-9-3-4-10-20-12-11-19-2/h5-8,14,18H,3-4,9-12H2,1-2H3. The lowest BCUT2D eigenvalue weighted by atomic mass is 10.1. The van der Waals surface area contributed by atoms with Gasteiger partial charge in [0.15, 0.2) is 0 Å². The largest absolute Gasteiger partial charge is 0.382 e. The third-order valence-corrected chi connectivity index (χ3v) is 3.14. The molecule has 110 valence electrons. The van der Waals surface area contributed by atoms with Gasteiger partial charge in [-0.15, -0.1) is 0 Å². The van der Waals surface area contributed by atoms with Gasteiger partial charge >= 0.3 is 0 Å². The molecule has 1 atom stereocenters. The number of unbranched alkanes of at least 4 members (excludes halogenated alkanes) is 1. The minimum Gasteiger partial charge on any atom is -0.382 e. The fraction of sp³-hybridized carbons (Fsp3) is 0.562. The van der Waals surface area contributed by atoms with Crippen LogP contribution in [0.1, 0.15) is 36.9 Å². The van der Waals surface area contributed by atoms with E-state index in [1.165, 1.54) is 5.56 Å². The molecule has 1 aromatic carbocycles. The molecule has 20 heavy (non-hydrogen) atoms. The zero-order valence-corrected chi connectivity index (χ0v) is 12.4. The maximum Gasteiger partial charge on any atom is 0.0991 e. The number of nitrogens with one attached hydrogen (secondary N) is 1. The number of rotatable bonds is 10. The molecule has 1 unspecified atom stereocenters. The summed E-state index contributed by atoms with van der Waals surface area (Å²) in [6.07, 6.45) is 2.14. The predicted octanol–water partition coefficient (Wildman–Crippen LogP) is 2.65. The third kappa shape index (κ3) is 6.67. The highest BCUT2D eigenvalue weighted by atomic mass is 16.5. The van der Waals surface area contributed by atoms with Crippen LogP contribution in [0.2, 0.25) is 0 Å². The van der Waals surface area contributed by atoms with Crippen molar-refractivity contribution < 1.29 is 9.47 Å². The lowest BCUT2D eigenvalue weighted by molar-refractivity contribution is 0.0687. The van der Waals surface area contributed by atoms with E-state index in [1.54, 1.807) is 7.11 Å². The smallest absolute Gasteiger partial charge is 0.0991 e. The average molecular weight is 276 g/mol. The Hall–Kier alpha value is -1.41. The Morgan fingerprint density at radius 2 is 1.90 bits per heavy atom. The Labute approximate surface area is 121 Å². The van der Waals surface area contributed by atoms with Gasteiger partial charge in [0.25, 0.3) is 0 Å². The maximum atomic E-state index is 8.76. The number of benzene rings is 1. The summed E-state index contributed by atoms with van der Waals surface area (Å²) in [5.74, 6) is 0. The predicted molar refractivity (Wildman–Crippen MR) is 79.5 cm³/mol. The van der Waals surface area contributed by atoms with E-state index >= 15 is 0 Å². The number of nitriles is 1. The van der Waals surface area contributed by atoms with E-state index in [0.29, 0.717) is 24.8 Å². The summed E-state index contributed by atoms with van der Waals surface area (Å²) >= 11 is 0. The van der Waals surface area contributed by atoms with Crippen LogP contribution in [0.25, 0.3) is 0 Å². The minimum atomic E-state index is 0.303. The van der Waals surface area contributed by atoms with Crippen LogP contribution in [0.15, 0.2) is 24.3 Å². The zero-order chi connectivity index (χ0) is 14.6. The molecule has 4 nitrogen and oxygen atoms in total.